The molecule has 0 spiro atoms. The molecule has 3 N–H and O–H groups in total. The summed E-state index contributed by atoms with van der Waals surface area (Å²) >= 11 is 3.21. The van der Waals surface area contributed by atoms with Crippen LogP contribution >= 0.6 is 15.9 Å². The molecule has 12 heavy (non-hydrogen) atoms. The highest BCUT2D eigenvalue weighted by Crippen LogP contribution is 2.22. The maximum absolute atomic E-state index is 12.7. The van der Waals surface area contributed by atoms with Crippen molar-refractivity contribution in [1.29, 1.82) is 0 Å². The summed E-state index contributed by atoms with van der Waals surface area (Å²) in [5.41, 5.74) is 6.10. The standard InChI is InChI=1S/C8H9BrFNO/c9-7-2-1-5(10)3-6(7)8(11)4-12/h1-3,8,12H,4,11H2/t8-/m0/s1. The summed E-state index contributed by atoms with van der Waals surface area (Å²) < 4.78 is 13.4. The van der Waals surface area contributed by atoms with E-state index in [2.05, 4.69) is 15.9 Å². The molecule has 0 saturated heterocycles. The maximum atomic E-state index is 12.7. The van der Waals surface area contributed by atoms with Crippen LogP contribution in [0.3, 0.4) is 0 Å². The Labute approximate surface area is 78.3 Å². The SMILES string of the molecule is N[C@@H](CO)c1cc(F)ccc1Br. The third-order valence-electron chi connectivity index (χ3n) is 1.55. The first-order chi connectivity index (χ1) is 5.65. The van der Waals surface area contributed by atoms with Gasteiger partial charge in [-0.3, -0.25) is 0 Å². The van der Waals surface area contributed by atoms with Crippen molar-refractivity contribution in [2.45, 2.75) is 6.04 Å². The Hall–Kier alpha value is -0.450. The average Bonchev–Trinajstić information content (AvgIpc) is 2.08. The van der Waals surface area contributed by atoms with Gasteiger partial charge in [-0.2, -0.15) is 0 Å². The van der Waals surface area contributed by atoms with E-state index in [0.717, 1.165) is 0 Å². The highest BCUT2D eigenvalue weighted by molar-refractivity contribution is 9.10. The minimum atomic E-state index is -0.532. The van der Waals surface area contributed by atoms with Crippen molar-refractivity contribution < 1.29 is 9.50 Å². The van der Waals surface area contributed by atoms with Crippen LogP contribution in [0.25, 0.3) is 0 Å². The maximum Gasteiger partial charge on any atom is 0.123 e. The lowest BCUT2D eigenvalue weighted by Crippen LogP contribution is -2.15. The van der Waals surface area contributed by atoms with Crippen LogP contribution in [-0.4, -0.2) is 11.7 Å². The summed E-state index contributed by atoms with van der Waals surface area (Å²) in [5, 5.41) is 8.74. The zero-order valence-corrected chi connectivity index (χ0v) is 7.88. The van der Waals surface area contributed by atoms with E-state index in [9.17, 15) is 4.39 Å². The lowest BCUT2D eigenvalue weighted by atomic mass is 10.1. The Kier molecular flexibility index (Phi) is 3.20. The Bertz CT molecular complexity index is 280. The molecule has 0 aliphatic carbocycles. The van der Waals surface area contributed by atoms with Gasteiger partial charge in [0.05, 0.1) is 12.6 Å². The molecule has 1 rings (SSSR count). The molecule has 0 aromatic heterocycles. The molecule has 0 unspecified atom stereocenters. The van der Waals surface area contributed by atoms with Crippen molar-refractivity contribution in [3.05, 3.63) is 34.1 Å². The van der Waals surface area contributed by atoms with E-state index >= 15 is 0 Å². The molecule has 2 nitrogen and oxygen atoms in total. The summed E-state index contributed by atoms with van der Waals surface area (Å²) in [4.78, 5) is 0. The van der Waals surface area contributed by atoms with Crippen LogP contribution in [0.5, 0.6) is 0 Å². The molecule has 1 atom stereocenters. The van der Waals surface area contributed by atoms with Crippen molar-refractivity contribution in [2.24, 2.45) is 5.73 Å². The van der Waals surface area contributed by atoms with E-state index < -0.39 is 6.04 Å². The second kappa shape index (κ2) is 3.98. The first-order valence-electron chi connectivity index (χ1n) is 3.46. The molecule has 0 amide bonds. The van der Waals surface area contributed by atoms with Crippen LogP contribution in [0.1, 0.15) is 11.6 Å². The van der Waals surface area contributed by atoms with E-state index in [1.165, 1.54) is 12.1 Å². The minimum absolute atomic E-state index is 0.192. The van der Waals surface area contributed by atoms with E-state index in [1.54, 1.807) is 6.07 Å². The van der Waals surface area contributed by atoms with Crippen molar-refractivity contribution in [3.63, 3.8) is 0 Å². The lowest BCUT2D eigenvalue weighted by Gasteiger charge is -2.10. The van der Waals surface area contributed by atoms with Crippen LogP contribution in [-0.2, 0) is 0 Å². The number of aliphatic hydroxyl groups is 1. The van der Waals surface area contributed by atoms with Crippen LogP contribution < -0.4 is 5.73 Å². The molecule has 0 aliphatic heterocycles. The molecular formula is C8H9BrFNO. The van der Waals surface area contributed by atoms with Gasteiger partial charge in [-0.25, -0.2) is 4.39 Å². The number of aliphatic hydroxyl groups excluding tert-OH is 1. The largest absolute Gasteiger partial charge is 0.394 e. The average molecular weight is 234 g/mol. The van der Waals surface area contributed by atoms with E-state index in [-0.39, 0.29) is 12.4 Å². The number of hydrogen-bond acceptors (Lipinski definition) is 2. The van der Waals surface area contributed by atoms with Gasteiger partial charge in [0.2, 0.25) is 0 Å². The Morgan fingerprint density at radius 1 is 1.58 bits per heavy atom. The Balaban J connectivity index is 3.04. The number of halogens is 2. The van der Waals surface area contributed by atoms with Gasteiger partial charge in [0.25, 0.3) is 0 Å². The molecule has 0 bridgehead atoms. The molecule has 1 aromatic rings. The van der Waals surface area contributed by atoms with Gasteiger partial charge in [0, 0.05) is 4.47 Å². The molecule has 1 aromatic carbocycles. The smallest absolute Gasteiger partial charge is 0.123 e. The molecule has 0 aliphatic rings. The molecule has 0 heterocycles. The summed E-state index contributed by atoms with van der Waals surface area (Å²) in [6.07, 6.45) is 0. The van der Waals surface area contributed by atoms with E-state index in [0.29, 0.717) is 10.0 Å². The second-order valence-corrected chi connectivity index (χ2v) is 3.31. The van der Waals surface area contributed by atoms with Gasteiger partial charge in [-0.15, -0.1) is 0 Å². The number of benzene rings is 1. The highest BCUT2D eigenvalue weighted by Gasteiger charge is 2.08. The van der Waals surface area contributed by atoms with Crippen LogP contribution in [0.4, 0.5) is 4.39 Å². The third kappa shape index (κ3) is 2.03. The monoisotopic (exact) mass is 233 g/mol. The predicted octanol–water partition coefficient (Wildman–Crippen LogP) is 1.58. The molecule has 0 fully saturated rings. The van der Waals surface area contributed by atoms with Gasteiger partial charge in [0.1, 0.15) is 5.82 Å². The molecule has 0 radical (unpaired) electrons. The first kappa shape index (κ1) is 9.64. The zero-order chi connectivity index (χ0) is 9.14. The van der Waals surface area contributed by atoms with Gasteiger partial charge < -0.3 is 10.8 Å². The third-order valence-corrected chi connectivity index (χ3v) is 2.28. The summed E-state index contributed by atoms with van der Waals surface area (Å²) in [7, 11) is 0. The zero-order valence-electron chi connectivity index (χ0n) is 6.30. The molecule has 66 valence electrons. The predicted molar refractivity (Wildman–Crippen MR) is 48.1 cm³/mol. The topological polar surface area (TPSA) is 46.2 Å². The fourth-order valence-electron chi connectivity index (χ4n) is 0.897. The summed E-state index contributed by atoms with van der Waals surface area (Å²) in [5.74, 6) is -0.350. The number of hydrogen-bond donors (Lipinski definition) is 2. The molecule has 4 heteroatoms. The fraction of sp³-hybridized carbons (Fsp3) is 0.250. The normalized spacial score (nSPS) is 13.0. The highest BCUT2D eigenvalue weighted by atomic mass is 79.9. The van der Waals surface area contributed by atoms with Crippen molar-refractivity contribution in [2.75, 3.05) is 6.61 Å². The van der Waals surface area contributed by atoms with Gasteiger partial charge in [-0.05, 0) is 23.8 Å². The fourth-order valence-corrected chi connectivity index (χ4v) is 1.44. The Morgan fingerprint density at radius 2 is 2.25 bits per heavy atom. The van der Waals surface area contributed by atoms with Gasteiger partial charge in [-0.1, -0.05) is 15.9 Å². The van der Waals surface area contributed by atoms with Gasteiger partial charge >= 0.3 is 0 Å². The molecule has 0 saturated carbocycles. The first-order valence-corrected chi connectivity index (χ1v) is 4.26. The van der Waals surface area contributed by atoms with Crippen LogP contribution in [0.2, 0.25) is 0 Å². The number of nitrogens with two attached hydrogens (primary N) is 1. The van der Waals surface area contributed by atoms with Crippen molar-refractivity contribution >= 4 is 15.9 Å². The lowest BCUT2D eigenvalue weighted by molar-refractivity contribution is 0.267. The summed E-state index contributed by atoms with van der Waals surface area (Å²) in [6, 6.07) is 3.68. The van der Waals surface area contributed by atoms with Gasteiger partial charge in [0.15, 0.2) is 0 Å². The van der Waals surface area contributed by atoms with Crippen LogP contribution in [0.15, 0.2) is 22.7 Å². The second-order valence-electron chi connectivity index (χ2n) is 2.45. The van der Waals surface area contributed by atoms with Crippen molar-refractivity contribution in [1.82, 2.24) is 0 Å². The van der Waals surface area contributed by atoms with Crippen molar-refractivity contribution in [3.8, 4) is 0 Å². The van der Waals surface area contributed by atoms with E-state index in [1.807, 2.05) is 0 Å². The number of rotatable bonds is 2. The Morgan fingerprint density at radius 3 is 2.83 bits per heavy atom. The van der Waals surface area contributed by atoms with Crippen LogP contribution in [0, 0.1) is 5.82 Å². The summed E-state index contributed by atoms with van der Waals surface area (Å²) in [6.45, 7) is -0.192. The molecular weight excluding hydrogens is 225 g/mol. The van der Waals surface area contributed by atoms with E-state index in [4.69, 9.17) is 10.8 Å². The minimum Gasteiger partial charge on any atom is -0.394 e. The quantitative estimate of drug-likeness (QED) is 0.815.